The Balaban J connectivity index is 2.05. The summed E-state index contributed by atoms with van der Waals surface area (Å²) in [5.74, 6) is 4.26. The van der Waals surface area contributed by atoms with E-state index < -0.39 is 12.0 Å². The van der Waals surface area contributed by atoms with E-state index in [4.69, 9.17) is 5.90 Å². The third kappa shape index (κ3) is 6.02. The first kappa shape index (κ1) is 20.2. The van der Waals surface area contributed by atoms with Crippen LogP contribution < -0.4 is 16.1 Å². The van der Waals surface area contributed by atoms with Gasteiger partial charge in [-0.25, -0.2) is 4.79 Å². The third-order valence-corrected chi connectivity index (χ3v) is 5.00. The maximum Gasteiger partial charge on any atom is 0.347 e. The van der Waals surface area contributed by atoms with Crippen LogP contribution in [0.1, 0.15) is 58.3 Å². The molecule has 1 atom stereocenters. The summed E-state index contributed by atoms with van der Waals surface area (Å²) in [6.45, 7) is 2.27. The lowest BCUT2D eigenvalue weighted by molar-refractivity contribution is -0.148. The molecule has 144 valence electrons. The quantitative estimate of drug-likeness (QED) is 0.661. The van der Waals surface area contributed by atoms with Crippen molar-refractivity contribution in [2.24, 2.45) is 5.90 Å². The fourth-order valence-electron chi connectivity index (χ4n) is 3.58. The molecule has 0 spiro atoms. The Labute approximate surface area is 156 Å². The molecule has 6 nitrogen and oxygen atoms in total. The van der Waals surface area contributed by atoms with E-state index in [-0.39, 0.29) is 12.5 Å². The van der Waals surface area contributed by atoms with Crippen LogP contribution in [-0.2, 0) is 14.4 Å². The lowest BCUT2D eigenvalue weighted by Crippen LogP contribution is -2.49. The summed E-state index contributed by atoms with van der Waals surface area (Å²) in [5.41, 5.74) is 1.04. The summed E-state index contributed by atoms with van der Waals surface area (Å²) in [6, 6.07) is 9.68. The molecule has 0 bridgehead atoms. The Bertz CT molecular complexity index is 559. The second-order valence-corrected chi connectivity index (χ2v) is 6.95. The van der Waals surface area contributed by atoms with Crippen molar-refractivity contribution >= 4 is 17.6 Å². The van der Waals surface area contributed by atoms with E-state index in [9.17, 15) is 9.59 Å². The van der Waals surface area contributed by atoms with Crippen molar-refractivity contribution in [2.75, 3.05) is 11.4 Å². The molecule has 0 aromatic heterocycles. The van der Waals surface area contributed by atoms with Gasteiger partial charge in [-0.1, -0.05) is 57.2 Å². The first-order chi connectivity index (χ1) is 12.7. The number of hydrogen-bond donors (Lipinski definition) is 2. The molecular weight excluding hydrogens is 330 g/mol. The van der Waals surface area contributed by atoms with Crippen molar-refractivity contribution in [2.45, 2.75) is 70.4 Å². The number of anilines is 1. The van der Waals surface area contributed by atoms with Crippen LogP contribution in [0.4, 0.5) is 5.69 Å². The molecule has 1 aliphatic carbocycles. The minimum Gasteiger partial charge on any atom is -0.372 e. The van der Waals surface area contributed by atoms with Gasteiger partial charge in [0.25, 0.3) is 0 Å². The van der Waals surface area contributed by atoms with Gasteiger partial charge in [-0.3, -0.25) is 4.79 Å². The number of nitrogens with two attached hydrogens (primary N) is 1. The highest BCUT2D eigenvalue weighted by Crippen LogP contribution is 2.27. The molecule has 1 aliphatic rings. The summed E-state index contributed by atoms with van der Waals surface area (Å²) in [5, 5.41) is 2.81. The highest BCUT2D eigenvalue weighted by Gasteiger charge is 2.26. The maximum absolute atomic E-state index is 12.7. The molecule has 1 aromatic rings. The summed E-state index contributed by atoms with van der Waals surface area (Å²) in [4.78, 5) is 31.0. The Hall–Kier alpha value is -2.08. The van der Waals surface area contributed by atoms with Crippen LogP contribution in [0.3, 0.4) is 0 Å². The van der Waals surface area contributed by atoms with Crippen molar-refractivity contribution in [1.29, 1.82) is 0 Å². The Morgan fingerprint density at radius 3 is 2.54 bits per heavy atom. The molecule has 6 heteroatoms. The zero-order valence-electron chi connectivity index (χ0n) is 15.7. The molecule has 1 saturated carbocycles. The van der Waals surface area contributed by atoms with Gasteiger partial charge in [0.1, 0.15) is 6.04 Å². The predicted octanol–water partition coefficient (Wildman–Crippen LogP) is 2.92. The zero-order chi connectivity index (χ0) is 18.8. The molecule has 0 aliphatic heterocycles. The largest absolute Gasteiger partial charge is 0.372 e. The monoisotopic (exact) mass is 361 g/mol. The van der Waals surface area contributed by atoms with E-state index >= 15 is 0 Å². The van der Waals surface area contributed by atoms with E-state index in [1.54, 1.807) is 0 Å². The van der Waals surface area contributed by atoms with Gasteiger partial charge in [0.15, 0.2) is 0 Å². The lowest BCUT2D eigenvalue weighted by Gasteiger charge is -2.36. The van der Waals surface area contributed by atoms with Crippen LogP contribution in [0.15, 0.2) is 30.3 Å². The molecule has 2 rings (SSSR count). The number of rotatable bonds is 9. The number of benzene rings is 1. The van der Waals surface area contributed by atoms with E-state index in [1.807, 2.05) is 37.3 Å². The van der Waals surface area contributed by atoms with Crippen LogP contribution >= 0.6 is 0 Å². The second kappa shape index (κ2) is 10.8. The Kier molecular flexibility index (Phi) is 8.41. The maximum atomic E-state index is 12.7. The van der Waals surface area contributed by atoms with Crippen LogP contribution in [0, 0.1) is 0 Å². The molecule has 1 fully saturated rings. The van der Waals surface area contributed by atoms with Crippen molar-refractivity contribution < 1.29 is 14.4 Å². The molecule has 26 heavy (non-hydrogen) atoms. The number of carbonyl (C=O) groups excluding carboxylic acids is 2. The molecule has 0 radical (unpaired) electrons. The summed E-state index contributed by atoms with van der Waals surface area (Å²) < 4.78 is 0. The van der Waals surface area contributed by atoms with Gasteiger partial charge in [-0.05, 0) is 31.4 Å². The minimum atomic E-state index is -0.684. The molecule has 0 heterocycles. The van der Waals surface area contributed by atoms with Crippen LogP contribution in [0.2, 0.25) is 0 Å². The standard InChI is InChI=1S/C20H31N3O3/c1-2-3-14-18(20(25)26-21)22-19(24)15-23(16-10-6-4-7-11-16)17-12-8-5-9-13-17/h4,6-7,10-11,17-18H,2-3,5,8-9,12-15,21H2,1H3,(H,22,24)/t18-/m0/s1. The Morgan fingerprint density at radius 1 is 1.23 bits per heavy atom. The van der Waals surface area contributed by atoms with Crippen LogP contribution in [0.25, 0.3) is 0 Å². The average Bonchev–Trinajstić information content (AvgIpc) is 2.70. The van der Waals surface area contributed by atoms with Gasteiger partial charge in [0, 0.05) is 11.7 Å². The van der Waals surface area contributed by atoms with Crippen molar-refractivity contribution in [3.05, 3.63) is 30.3 Å². The second-order valence-electron chi connectivity index (χ2n) is 6.95. The van der Waals surface area contributed by atoms with E-state index in [0.717, 1.165) is 31.4 Å². The summed E-state index contributed by atoms with van der Waals surface area (Å²) in [7, 11) is 0. The number of nitrogens with one attached hydrogen (secondary N) is 1. The first-order valence-corrected chi connectivity index (χ1v) is 9.67. The number of unbranched alkanes of at least 4 members (excludes halogenated alkanes) is 1. The fraction of sp³-hybridized carbons (Fsp3) is 0.600. The van der Waals surface area contributed by atoms with E-state index in [2.05, 4.69) is 15.1 Å². The van der Waals surface area contributed by atoms with Gasteiger partial charge in [0.05, 0.1) is 6.54 Å². The van der Waals surface area contributed by atoms with E-state index in [1.165, 1.54) is 19.3 Å². The van der Waals surface area contributed by atoms with Gasteiger partial charge < -0.3 is 15.1 Å². The first-order valence-electron chi connectivity index (χ1n) is 9.67. The Morgan fingerprint density at radius 2 is 1.92 bits per heavy atom. The van der Waals surface area contributed by atoms with Crippen LogP contribution in [0.5, 0.6) is 0 Å². The molecular formula is C20H31N3O3. The SMILES string of the molecule is CCCC[C@H](NC(=O)CN(c1ccccc1)C1CCCCC1)C(=O)ON. The van der Waals surface area contributed by atoms with Crippen molar-refractivity contribution in [3.63, 3.8) is 0 Å². The minimum absolute atomic E-state index is 0.175. The van der Waals surface area contributed by atoms with Crippen LogP contribution in [-0.4, -0.2) is 30.5 Å². The number of hydrogen-bond acceptors (Lipinski definition) is 5. The van der Waals surface area contributed by atoms with Crippen molar-refractivity contribution in [3.8, 4) is 0 Å². The highest BCUT2D eigenvalue weighted by atomic mass is 16.7. The highest BCUT2D eigenvalue weighted by molar-refractivity contribution is 5.87. The van der Waals surface area contributed by atoms with Gasteiger partial charge in [-0.2, -0.15) is 5.90 Å². The lowest BCUT2D eigenvalue weighted by atomic mass is 9.93. The number of para-hydroxylation sites is 1. The third-order valence-electron chi connectivity index (χ3n) is 5.00. The molecule has 1 amide bonds. The molecule has 0 unspecified atom stereocenters. The number of amides is 1. The van der Waals surface area contributed by atoms with Gasteiger partial charge >= 0.3 is 5.97 Å². The fourth-order valence-corrected chi connectivity index (χ4v) is 3.58. The smallest absolute Gasteiger partial charge is 0.347 e. The predicted molar refractivity (Wildman–Crippen MR) is 102 cm³/mol. The van der Waals surface area contributed by atoms with Crippen molar-refractivity contribution in [1.82, 2.24) is 5.32 Å². The van der Waals surface area contributed by atoms with Gasteiger partial charge in [-0.15, -0.1) is 0 Å². The molecule has 1 aromatic carbocycles. The number of nitrogens with zero attached hydrogens (tertiary/aromatic N) is 1. The molecule has 3 N–H and O–H groups in total. The average molecular weight is 361 g/mol. The normalized spacial score (nSPS) is 15.9. The summed E-state index contributed by atoms with van der Waals surface area (Å²) >= 11 is 0. The molecule has 0 saturated heterocycles. The van der Waals surface area contributed by atoms with E-state index in [0.29, 0.717) is 12.5 Å². The topological polar surface area (TPSA) is 84.7 Å². The number of carbonyl (C=O) groups is 2. The van der Waals surface area contributed by atoms with Gasteiger partial charge in [0.2, 0.25) is 5.91 Å². The summed E-state index contributed by atoms with van der Waals surface area (Å²) in [6.07, 6.45) is 8.11. The zero-order valence-corrected chi connectivity index (χ0v) is 15.7.